The largest absolute Gasteiger partial charge is 0.349 e. The molecule has 1 saturated carbocycles. The minimum Gasteiger partial charge on any atom is -0.349 e. The monoisotopic (exact) mass is 359 g/mol. The highest BCUT2D eigenvalue weighted by molar-refractivity contribution is 5.95. The zero-order valence-electron chi connectivity index (χ0n) is 15.9. The van der Waals surface area contributed by atoms with Gasteiger partial charge in [0.1, 0.15) is 0 Å². The van der Waals surface area contributed by atoms with Crippen molar-refractivity contribution >= 4 is 5.91 Å². The third-order valence-electron chi connectivity index (χ3n) is 5.41. The minimum atomic E-state index is 0.0202. The predicted molar refractivity (Wildman–Crippen MR) is 108 cm³/mol. The molecule has 4 rings (SSSR count). The van der Waals surface area contributed by atoms with Crippen LogP contribution >= 0.6 is 0 Å². The van der Waals surface area contributed by atoms with E-state index in [0.29, 0.717) is 11.6 Å². The Morgan fingerprint density at radius 1 is 1.00 bits per heavy atom. The van der Waals surface area contributed by atoms with E-state index in [1.165, 1.54) is 24.2 Å². The molecule has 0 radical (unpaired) electrons. The van der Waals surface area contributed by atoms with Crippen molar-refractivity contribution in [3.05, 3.63) is 71.7 Å². The summed E-state index contributed by atoms with van der Waals surface area (Å²) >= 11 is 0. The molecule has 0 aliphatic heterocycles. The number of hydrogen-bond donors (Lipinski definition) is 1. The van der Waals surface area contributed by atoms with E-state index >= 15 is 0 Å². The second kappa shape index (κ2) is 7.39. The van der Waals surface area contributed by atoms with Crippen LogP contribution < -0.4 is 5.32 Å². The van der Waals surface area contributed by atoms with Crippen LogP contribution in [0.15, 0.2) is 54.7 Å². The molecule has 138 valence electrons. The lowest BCUT2D eigenvalue weighted by molar-refractivity contribution is 0.0938. The van der Waals surface area contributed by atoms with Crippen molar-refractivity contribution in [2.45, 2.75) is 45.6 Å². The van der Waals surface area contributed by atoms with Crippen molar-refractivity contribution in [3.8, 4) is 16.9 Å². The van der Waals surface area contributed by atoms with Gasteiger partial charge in [-0.3, -0.25) is 9.78 Å². The lowest BCUT2D eigenvalue weighted by Crippen LogP contribution is -2.32. The fourth-order valence-electron chi connectivity index (χ4n) is 3.97. The van der Waals surface area contributed by atoms with E-state index in [1.54, 1.807) is 0 Å². The highest BCUT2D eigenvalue weighted by Crippen LogP contribution is 2.27. The number of nitrogens with zero attached hydrogens (tertiary/aromatic N) is 2. The Labute approximate surface area is 160 Å². The van der Waals surface area contributed by atoms with Crippen molar-refractivity contribution in [2.24, 2.45) is 0 Å². The maximum atomic E-state index is 12.5. The molecule has 27 heavy (non-hydrogen) atoms. The molecule has 2 aromatic heterocycles. The highest BCUT2D eigenvalue weighted by atomic mass is 16.1. The molecule has 0 bridgehead atoms. The average molecular weight is 359 g/mol. The number of rotatable bonds is 4. The normalized spacial score (nSPS) is 14.4. The molecular formula is C23H25N3O. The van der Waals surface area contributed by atoms with Gasteiger partial charge in [0.25, 0.3) is 5.91 Å². The fourth-order valence-corrected chi connectivity index (χ4v) is 3.97. The van der Waals surface area contributed by atoms with Crippen LogP contribution in [0.25, 0.3) is 16.9 Å². The van der Waals surface area contributed by atoms with Gasteiger partial charge in [-0.25, -0.2) is 0 Å². The van der Waals surface area contributed by atoms with Gasteiger partial charge in [-0.05, 0) is 63.1 Å². The van der Waals surface area contributed by atoms with E-state index in [1.807, 2.05) is 36.5 Å². The summed E-state index contributed by atoms with van der Waals surface area (Å²) in [4.78, 5) is 17.1. The van der Waals surface area contributed by atoms with Crippen LogP contribution in [0.5, 0.6) is 0 Å². The number of aromatic nitrogens is 2. The Bertz CT molecular complexity index is 931. The van der Waals surface area contributed by atoms with E-state index in [0.717, 1.165) is 29.8 Å². The molecule has 1 fully saturated rings. The molecule has 4 nitrogen and oxygen atoms in total. The third-order valence-corrected chi connectivity index (χ3v) is 5.41. The van der Waals surface area contributed by atoms with Gasteiger partial charge in [-0.15, -0.1) is 0 Å². The van der Waals surface area contributed by atoms with Crippen LogP contribution in [0.3, 0.4) is 0 Å². The highest BCUT2D eigenvalue weighted by Gasteiger charge is 2.18. The topological polar surface area (TPSA) is 46.9 Å². The number of carbonyl (C=O) groups excluding carboxylic acids is 1. The molecule has 1 N–H and O–H groups in total. The summed E-state index contributed by atoms with van der Waals surface area (Å²) in [7, 11) is 0. The van der Waals surface area contributed by atoms with Gasteiger partial charge in [-0.1, -0.05) is 25.0 Å². The Morgan fingerprint density at radius 2 is 1.67 bits per heavy atom. The van der Waals surface area contributed by atoms with E-state index in [9.17, 15) is 4.79 Å². The van der Waals surface area contributed by atoms with Gasteiger partial charge < -0.3 is 9.88 Å². The molecule has 1 aliphatic carbocycles. The van der Waals surface area contributed by atoms with Crippen LogP contribution in [-0.2, 0) is 0 Å². The molecule has 1 amide bonds. The summed E-state index contributed by atoms with van der Waals surface area (Å²) in [5, 5.41) is 3.14. The van der Waals surface area contributed by atoms with Crippen molar-refractivity contribution in [2.75, 3.05) is 0 Å². The molecule has 1 aromatic carbocycles. The number of nitrogens with one attached hydrogen (secondary N) is 1. The standard InChI is InChI=1S/C23H25N3O/c1-16-9-10-17(2)26(16)21-8-5-15-24-22(21)18-11-13-19(14-12-18)23(27)25-20-6-3-4-7-20/h5,8-15,20H,3-4,6-7H2,1-2H3,(H,25,27). The molecule has 2 heterocycles. The summed E-state index contributed by atoms with van der Waals surface area (Å²) in [5.41, 5.74) is 6.04. The second-order valence-corrected chi connectivity index (χ2v) is 7.35. The average Bonchev–Trinajstić information content (AvgIpc) is 3.31. The first-order valence-corrected chi connectivity index (χ1v) is 9.65. The molecule has 0 spiro atoms. The van der Waals surface area contributed by atoms with E-state index in [-0.39, 0.29) is 5.91 Å². The number of hydrogen-bond acceptors (Lipinski definition) is 2. The lowest BCUT2D eigenvalue weighted by Gasteiger charge is -2.15. The number of aryl methyl sites for hydroxylation is 2. The van der Waals surface area contributed by atoms with Crippen molar-refractivity contribution in [1.29, 1.82) is 0 Å². The van der Waals surface area contributed by atoms with Gasteiger partial charge >= 0.3 is 0 Å². The number of amides is 1. The maximum Gasteiger partial charge on any atom is 0.251 e. The SMILES string of the molecule is Cc1ccc(C)n1-c1cccnc1-c1ccc(C(=O)NC2CCCC2)cc1. The smallest absolute Gasteiger partial charge is 0.251 e. The zero-order valence-corrected chi connectivity index (χ0v) is 15.9. The number of pyridine rings is 1. The first kappa shape index (κ1) is 17.5. The van der Waals surface area contributed by atoms with Crippen LogP contribution in [0, 0.1) is 13.8 Å². The molecule has 3 aromatic rings. The molecule has 1 aliphatic rings. The van der Waals surface area contributed by atoms with Crippen molar-refractivity contribution in [1.82, 2.24) is 14.9 Å². The zero-order chi connectivity index (χ0) is 18.8. The number of carbonyl (C=O) groups is 1. The lowest BCUT2D eigenvalue weighted by atomic mass is 10.1. The molecule has 0 unspecified atom stereocenters. The van der Waals surface area contributed by atoms with E-state index in [4.69, 9.17) is 0 Å². The van der Waals surface area contributed by atoms with Crippen molar-refractivity contribution in [3.63, 3.8) is 0 Å². The maximum absolute atomic E-state index is 12.5. The van der Waals surface area contributed by atoms with E-state index in [2.05, 4.69) is 46.9 Å². The van der Waals surface area contributed by atoms with Crippen molar-refractivity contribution < 1.29 is 4.79 Å². The van der Waals surface area contributed by atoms with Crippen LogP contribution in [-0.4, -0.2) is 21.5 Å². The van der Waals surface area contributed by atoms with Gasteiger partial charge in [-0.2, -0.15) is 0 Å². The molecule has 0 atom stereocenters. The first-order valence-electron chi connectivity index (χ1n) is 9.65. The quantitative estimate of drug-likeness (QED) is 0.725. The number of benzene rings is 1. The Hall–Kier alpha value is -2.88. The second-order valence-electron chi connectivity index (χ2n) is 7.35. The Balaban J connectivity index is 1.62. The Morgan fingerprint density at radius 3 is 2.33 bits per heavy atom. The molecular weight excluding hydrogens is 334 g/mol. The fraction of sp³-hybridized carbons (Fsp3) is 0.304. The third kappa shape index (κ3) is 3.52. The van der Waals surface area contributed by atoms with Gasteiger partial charge in [0.05, 0.1) is 11.4 Å². The van der Waals surface area contributed by atoms with Crippen LogP contribution in [0.2, 0.25) is 0 Å². The summed E-state index contributed by atoms with van der Waals surface area (Å²) in [6.45, 7) is 4.19. The summed E-state index contributed by atoms with van der Waals surface area (Å²) < 4.78 is 2.21. The van der Waals surface area contributed by atoms with Gasteiger partial charge in [0.2, 0.25) is 0 Å². The first-order chi connectivity index (χ1) is 13.1. The predicted octanol–water partition coefficient (Wildman–Crippen LogP) is 4.83. The minimum absolute atomic E-state index is 0.0202. The summed E-state index contributed by atoms with van der Waals surface area (Å²) in [6, 6.07) is 16.4. The Kier molecular flexibility index (Phi) is 4.80. The van der Waals surface area contributed by atoms with Gasteiger partial charge in [0.15, 0.2) is 0 Å². The molecule has 0 saturated heterocycles. The summed E-state index contributed by atoms with van der Waals surface area (Å²) in [5.74, 6) is 0.0202. The van der Waals surface area contributed by atoms with Crippen LogP contribution in [0.1, 0.15) is 47.4 Å². The van der Waals surface area contributed by atoms with Crippen LogP contribution in [0.4, 0.5) is 0 Å². The summed E-state index contributed by atoms with van der Waals surface area (Å²) in [6.07, 6.45) is 6.43. The van der Waals surface area contributed by atoms with E-state index < -0.39 is 0 Å². The van der Waals surface area contributed by atoms with Gasteiger partial charge in [0, 0.05) is 34.8 Å². The molecule has 4 heteroatoms.